The minimum atomic E-state index is -3.86. The fourth-order valence-electron chi connectivity index (χ4n) is 1.46. The maximum atomic E-state index is 13.0. The molecule has 1 rings (SSSR count). The lowest BCUT2D eigenvalue weighted by atomic mass is 10.2. The van der Waals surface area contributed by atoms with E-state index in [1.54, 1.807) is 0 Å². The summed E-state index contributed by atoms with van der Waals surface area (Å²) in [6.07, 6.45) is 1.17. The van der Waals surface area contributed by atoms with Crippen molar-refractivity contribution in [3.05, 3.63) is 29.0 Å². The van der Waals surface area contributed by atoms with Crippen molar-refractivity contribution in [2.24, 2.45) is 0 Å². The molecule has 1 aromatic carbocycles. The van der Waals surface area contributed by atoms with E-state index in [4.69, 9.17) is 11.6 Å². The third-order valence-electron chi connectivity index (χ3n) is 2.51. The van der Waals surface area contributed by atoms with Crippen molar-refractivity contribution in [1.82, 2.24) is 4.72 Å². The maximum absolute atomic E-state index is 13.0. The normalized spacial score (nSPS) is 11.3. The lowest BCUT2D eigenvalue weighted by Gasteiger charge is -2.08. The average Bonchev–Trinajstić information content (AvgIpc) is 2.40. The van der Waals surface area contributed by atoms with Gasteiger partial charge in [-0.05, 0) is 31.0 Å². The van der Waals surface area contributed by atoms with E-state index in [0.717, 1.165) is 12.1 Å². The Balaban J connectivity index is 2.54. The Bertz CT molecular complexity index is 577. The molecule has 5 nitrogen and oxygen atoms in total. The fourth-order valence-corrected chi connectivity index (χ4v) is 3.05. The third-order valence-corrected chi connectivity index (χ3v) is 4.45. The van der Waals surface area contributed by atoms with Crippen LogP contribution in [0.2, 0.25) is 5.02 Å². The Morgan fingerprint density at radius 2 is 2.10 bits per heavy atom. The van der Waals surface area contributed by atoms with Crippen LogP contribution in [-0.2, 0) is 19.6 Å². The number of benzene rings is 1. The standard InChI is InChI=1S/C12H15ClFNO4S/c1-19-12(16)4-2-3-7-15-20(17,18)11-8-9(14)5-6-10(11)13/h5-6,8,15H,2-4,7H2,1H3. The van der Waals surface area contributed by atoms with Crippen molar-refractivity contribution >= 4 is 27.6 Å². The summed E-state index contributed by atoms with van der Waals surface area (Å²) in [6.45, 7) is 0.131. The highest BCUT2D eigenvalue weighted by Gasteiger charge is 2.18. The first kappa shape index (κ1) is 16.9. The van der Waals surface area contributed by atoms with Gasteiger partial charge in [0.15, 0.2) is 0 Å². The Morgan fingerprint density at radius 1 is 1.40 bits per heavy atom. The summed E-state index contributed by atoms with van der Waals surface area (Å²) >= 11 is 5.73. The molecule has 0 spiro atoms. The largest absolute Gasteiger partial charge is 0.469 e. The lowest BCUT2D eigenvalue weighted by molar-refractivity contribution is -0.140. The number of unbranched alkanes of at least 4 members (excludes halogenated alkanes) is 1. The zero-order chi connectivity index (χ0) is 15.2. The van der Waals surface area contributed by atoms with Gasteiger partial charge in [-0.2, -0.15) is 0 Å². The molecule has 0 bridgehead atoms. The maximum Gasteiger partial charge on any atom is 0.305 e. The molecule has 0 radical (unpaired) electrons. The Kier molecular flexibility index (Phi) is 6.38. The third kappa shape index (κ3) is 5.07. The van der Waals surface area contributed by atoms with Crippen LogP contribution in [-0.4, -0.2) is 28.0 Å². The smallest absolute Gasteiger partial charge is 0.305 e. The van der Waals surface area contributed by atoms with Crippen LogP contribution in [0.4, 0.5) is 4.39 Å². The molecule has 0 saturated carbocycles. The van der Waals surface area contributed by atoms with Gasteiger partial charge in [0.1, 0.15) is 10.7 Å². The predicted molar refractivity (Wildman–Crippen MR) is 72.5 cm³/mol. The average molecular weight is 324 g/mol. The van der Waals surface area contributed by atoms with Gasteiger partial charge < -0.3 is 4.74 Å². The van der Waals surface area contributed by atoms with Crippen LogP contribution < -0.4 is 4.72 Å². The molecule has 1 N–H and O–H groups in total. The molecular weight excluding hydrogens is 309 g/mol. The zero-order valence-corrected chi connectivity index (χ0v) is 12.4. The topological polar surface area (TPSA) is 72.5 Å². The molecule has 0 aliphatic carbocycles. The van der Waals surface area contributed by atoms with Crippen LogP contribution in [0, 0.1) is 5.82 Å². The van der Waals surface area contributed by atoms with Crippen LogP contribution in [0.1, 0.15) is 19.3 Å². The first-order chi connectivity index (χ1) is 9.36. The Morgan fingerprint density at radius 3 is 2.75 bits per heavy atom. The van der Waals surface area contributed by atoms with Crippen molar-refractivity contribution in [1.29, 1.82) is 0 Å². The SMILES string of the molecule is COC(=O)CCCCNS(=O)(=O)c1cc(F)ccc1Cl. The molecule has 1 aromatic rings. The minimum Gasteiger partial charge on any atom is -0.469 e. The van der Waals surface area contributed by atoms with E-state index in [1.807, 2.05) is 0 Å². The van der Waals surface area contributed by atoms with Gasteiger partial charge in [-0.25, -0.2) is 17.5 Å². The first-order valence-corrected chi connectivity index (χ1v) is 7.74. The van der Waals surface area contributed by atoms with Gasteiger partial charge in [0.05, 0.1) is 12.1 Å². The molecule has 0 amide bonds. The number of nitrogens with one attached hydrogen (secondary N) is 1. The minimum absolute atomic E-state index is 0.0477. The van der Waals surface area contributed by atoms with E-state index in [1.165, 1.54) is 13.2 Å². The highest BCUT2D eigenvalue weighted by molar-refractivity contribution is 7.89. The van der Waals surface area contributed by atoms with Crippen molar-refractivity contribution in [2.75, 3.05) is 13.7 Å². The molecule has 0 aliphatic heterocycles. The monoisotopic (exact) mass is 323 g/mol. The van der Waals surface area contributed by atoms with Crippen LogP contribution in [0.25, 0.3) is 0 Å². The van der Waals surface area contributed by atoms with Gasteiger partial charge in [-0.1, -0.05) is 11.6 Å². The molecule has 0 fully saturated rings. The molecule has 0 aliphatic rings. The number of halogens is 2. The predicted octanol–water partition coefficient (Wildman–Crippen LogP) is 2.10. The number of hydrogen-bond acceptors (Lipinski definition) is 4. The van der Waals surface area contributed by atoms with E-state index in [2.05, 4.69) is 9.46 Å². The summed E-state index contributed by atoms with van der Waals surface area (Å²) < 4.78 is 43.6. The second-order valence-corrected chi connectivity index (χ2v) is 6.15. The summed E-state index contributed by atoms with van der Waals surface area (Å²) in [7, 11) is -2.57. The summed E-state index contributed by atoms with van der Waals surface area (Å²) in [4.78, 5) is 10.6. The number of carbonyl (C=O) groups is 1. The van der Waals surface area contributed by atoms with Crippen molar-refractivity contribution < 1.29 is 22.3 Å². The summed E-state index contributed by atoms with van der Waals surface area (Å²) in [6, 6.07) is 3.12. The van der Waals surface area contributed by atoms with Crippen LogP contribution in [0.15, 0.2) is 23.1 Å². The van der Waals surface area contributed by atoms with E-state index in [-0.39, 0.29) is 28.9 Å². The number of sulfonamides is 1. The van der Waals surface area contributed by atoms with E-state index >= 15 is 0 Å². The second-order valence-electron chi connectivity index (χ2n) is 4.01. The Labute approximate surface area is 122 Å². The van der Waals surface area contributed by atoms with Gasteiger partial charge in [-0.3, -0.25) is 4.79 Å². The highest BCUT2D eigenvalue weighted by atomic mass is 35.5. The van der Waals surface area contributed by atoms with Crippen molar-refractivity contribution in [3.8, 4) is 0 Å². The molecule has 0 aromatic heterocycles. The number of hydrogen-bond donors (Lipinski definition) is 1. The van der Waals surface area contributed by atoms with Gasteiger partial charge in [0, 0.05) is 13.0 Å². The van der Waals surface area contributed by atoms with Crippen LogP contribution in [0.3, 0.4) is 0 Å². The van der Waals surface area contributed by atoms with Crippen molar-refractivity contribution in [3.63, 3.8) is 0 Å². The first-order valence-electron chi connectivity index (χ1n) is 5.88. The van der Waals surface area contributed by atoms with E-state index < -0.39 is 15.8 Å². The molecule has 112 valence electrons. The zero-order valence-electron chi connectivity index (χ0n) is 10.9. The molecular formula is C12H15ClFNO4S. The molecule has 0 unspecified atom stereocenters. The second kappa shape index (κ2) is 7.56. The lowest BCUT2D eigenvalue weighted by Crippen LogP contribution is -2.25. The molecule has 0 heterocycles. The number of ether oxygens (including phenoxy) is 1. The summed E-state index contributed by atoms with van der Waals surface area (Å²) in [5.41, 5.74) is 0. The van der Waals surface area contributed by atoms with E-state index in [0.29, 0.717) is 12.8 Å². The quantitative estimate of drug-likeness (QED) is 0.616. The fraction of sp³-hybridized carbons (Fsp3) is 0.417. The van der Waals surface area contributed by atoms with Crippen LogP contribution >= 0.6 is 11.6 Å². The number of rotatable bonds is 7. The molecule has 8 heteroatoms. The molecule has 0 atom stereocenters. The van der Waals surface area contributed by atoms with Gasteiger partial charge in [0.25, 0.3) is 0 Å². The Hall–Kier alpha value is -1.18. The number of esters is 1. The number of methoxy groups -OCH3 is 1. The number of carbonyl (C=O) groups excluding carboxylic acids is 1. The summed E-state index contributed by atoms with van der Waals surface area (Å²) in [5.74, 6) is -1.03. The van der Waals surface area contributed by atoms with E-state index in [9.17, 15) is 17.6 Å². The van der Waals surface area contributed by atoms with Gasteiger partial charge in [-0.15, -0.1) is 0 Å². The highest BCUT2D eigenvalue weighted by Crippen LogP contribution is 2.21. The molecule has 0 saturated heterocycles. The van der Waals surface area contributed by atoms with Gasteiger partial charge in [0.2, 0.25) is 10.0 Å². The van der Waals surface area contributed by atoms with Crippen LogP contribution in [0.5, 0.6) is 0 Å². The van der Waals surface area contributed by atoms with Gasteiger partial charge >= 0.3 is 5.97 Å². The molecule has 20 heavy (non-hydrogen) atoms. The summed E-state index contributed by atoms with van der Waals surface area (Å²) in [5, 5.41) is -0.0477. The van der Waals surface area contributed by atoms with Crippen molar-refractivity contribution in [2.45, 2.75) is 24.2 Å².